The van der Waals surface area contributed by atoms with Gasteiger partial charge in [0, 0.05) is 41.3 Å². The van der Waals surface area contributed by atoms with Crippen LogP contribution in [0.2, 0.25) is 5.02 Å². The van der Waals surface area contributed by atoms with E-state index >= 15 is 0 Å². The summed E-state index contributed by atoms with van der Waals surface area (Å²) in [6.07, 6.45) is 2.74. The van der Waals surface area contributed by atoms with Crippen molar-refractivity contribution in [2.45, 2.75) is 30.5 Å². The molecule has 1 unspecified atom stereocenters. The van der Waals surface area contributed by atoms with Gasteiger partial charge in [0.2, 0.25) is 11.0 Å². The van der Waals surface area contributed by atoms with Gasteiger partial charge in [-0.2, -0.15) is 4.31 Å². The van der Waals surface area contributed by atoms with Crippen molar-refractivity contribution in [3.63, 3.8) is 0 Å². The normalized spacial score (nSPS) is 16.7. The van der Waals surface area contributed by atoms with Gasteiger partial charge >= 0.3 is 0 Å². The second-order valence-electron chi connectivity index (χ2n) is 8.15. The first-order chi connectivity index (χ1) is 16.4. The number of para-hydroxylation sites is 1. The minimum atomic E-state index is -3.94. The molecule has 1 aliphatic heterocycles. The van der Waals surface area contributed by atoms with E-state index < -0.39 is 16.1 Å². The lowest BCUT2D eigenvalue weighted by Gasteiger charge is -2.22. The summed E-state index contributed by atoms with van der Waals surface area (Å²) in [5, 5.41) is 4.09. The van der Waals surface area contributed by atoms with Crippen LogP contribution in [0, 0.1) is 0 Å². The number of sulfonamides is 1. The Morgan fingerprint density at radius 1 is 1.12 bits per heavy atom. The van der Waals surface area contributed by atoms with Crippen molar-refractivity contribution in [1.29, 1.82) is 0 Å². The molecule has 2 aromatic heterocycles. The van der Waals surface area contributed by atoms with Gasteiger partial charge in [-0.3, -0.25) is 9.78 Å². The van der Waals surface area contributed by atoms with Crippen molar-refractivity contribution in [2.24, 2.45) is 0 Å². The molecule has 2 aromatic carbocycles. The highest BCUT2D eigenvalue weighted by atomic mass is 35.5. The molecule has 1 amide bonds. The summed E-state index contributed by atoms with van der Waals surface area (Å²) in [7, 11) is -3.94. The Morgan fingerprint density at radius 2 is 1.91 bits per heavy atom. The van der Waals surface area contributed by atoms with Gasteiger partial charge in [0.15, 0.2) is 0 Å². The number of pyridine rings is 1. The Balaban J connectivity index is 1.30. The lowest BCUT2D eigenvalue weighted by molar-refractivity contribution is -0.124. The van der Waals surface area contributed by atoms with Gasteiger partial charge in [-0.1, -0.05) is 41.9 Å². The molecule has 5 rings (SSSR count). The number of rotatable bonds is 6. The van der Waals surface area contributed by atoms with Gasteiger partial charge in [-0.05, 0) is 48.7 Å². The third kappa shape index (κ3) is 4.44. The zero-order valence-electron chi connectivity index (χ0n) is 18.1. The highest BCUT2D eigenvalue weighted by Gasteiger charge is 2.41. The molecule has 174 valence electrons. The molecule has 0 saturated carbocycles. The van der Waals surface area contributed by atoms with Gasteiger partial charge < -0.3 is 9.73 Å². The van der Waals surface area contributed by atoms with Crippen LogP contribution in [0.5, 0.6) is 0 Å². The summed E-state index contributed by atoms with van der Waals surface area (Å²) >= 11 is 5.96. The topological polar surface area (TPSA) is 92.5 Å². The average molecular weight is 496 g/mol. The molecule has 0 radical (unpaired) electrons. The zero-order valence-corrected chi connectivity index (χ0v) is 19.7. The SMILES string of the molecule is O=C(NCc1ccnc(-c2ccc(Cl)cc2)c1)C1CCCN1S(=O)(=O)c1cc2ccccc2o1. The smallest absolute Gasteiger partial charge is 0.277 e. The number of hydrogen-bond acceptors (Lipinski definition) is 5. The van der Waals surface area contributed by atoms with Gasteiger partial charge in [-0.25, -0.2) is 8.42 Å². The van der Waals surface area contributed by atoms with E-state index in [1.807, 2.05) is 30.3 Å². The highest BCUT2D eigenvalue weighted by molar-refractivity contribution is 7.89. The van der Waals surface area contributed by atoms with E-state index in [0.29, 0.717) is 28.8 Å². The van der Waals surface area contributed by atoms with Crippen LogP contribution in [0.25, 0.3) is 22.2 Å². The molecule has 1 fully saturated rings. The molecule has 1 N–H and O–H groups in total. The van der Waals surface area contributed by atoms with E-state index in [2.05, 4.69) is 10.3 Å². The Hall–Kier alpha value is -3.20. The Morgan fingerprint density at radius 3 is 2.71 bits per heavy atom. The van der Waals surface area contributed by atoms with E-state index in [0.717, 1.165) is 16.8 Å². The summed E-state index contributed by atoms with van der Waals surface area (Å²) in [5.41, 5.74) is 3.03. The number of furan rings is 1. The third-order valence-corrected chi connectivity index (χ3v) is 7.92. The van der Waals surface area contributed by atoms with Crippen LogP contribution >= 0.6 is 11.6 Å². The van der Waals surface area contributed by atoms with E-state index in [1.54, 1.807) is 36.5 Å². The van der Waals surface area contributed by atoms with Crippen molar-refractivity contribution in [2.75, 3.05) is 6.54 Å². The van der Waals surface area contributed by atoms with Gasteiger partial charge in [0.25, 0.3) is 10.0 Å². The molecule has 0 spiro atoms. The number of hydrogen-bond donors (Lipinski definition) is 1. The minimum Gasteiger partial charge on any atom is -0.443 e. The molecule has 1 atom stereocenters. The number of nitrogens with zero attached hydrogens (tertiary/aromatic N) is 2. The van der Waals surface area contributed by atoms with Gasteiger partial charge in [0.05, 0.1) is 5.69 Å². The number of nitrogens with one attached hydrogen (secondary N) is 1. The summed E-state index contributed by atoms with van der Waals surface area (Å²) in [6, 6.07) is 18.9. The summed E-state index contributed by atoms with van der Waals surface area (Å²) in [4.78, 5) is 17.4. The van der Waals surface area contributed by atoms with Crippen LogP contribution in [0.15, 0.2) is 82.4 Å². The summed E-state index contributed by atoms with van der Waals surface area (Å²) in [6.45, 7) is 0.532. The standard InChI is InChI=1S/C25H22ClN3O4S/c26-20-9-7-18(8-10-20)21-14-17(11-12-27-21)16-28-25(30)22-5-3-13-29(22)34(31,32)24-15-19-4-1-2-6-23(19)33-24/h1-2,4,6-12,14-15,22H,3,5,13,16H2,(H,28,30). The molecule has 1 saturated heterocycles. The van der Waals surface area contributed by atoms with Crippen LogP contribution in [0.4, 0.5) is 0 Å². The van der Waals surface area contributed by atoms with E-state index in [4.69, 9.17) is 16.0 Å². The monoisotopic (exact) mass is 495 g/mol. The number of amides is 1. The Bertz CT molecular complexity index is 1420. The molecular weight excluding hydrogens is 474 g/mol. The largest absolute Gasteiger partial charge is 0.443 e. The van der Waals surface area contributed by atoms with Gasteiger partial charge in [0.1, 0.15) is 11.6 Å². The predicted molar refractivity (Wildman–Crippen MR) is 130 cm³/mol. The van der Waals surface area contributed by atoms with Crippen LogP contribution in [0.3, 0.4) is 0 Å². The van der Waals surface area contributed by atoms with Crippen molar-refractivity contribution in [3.05, 3.63) is 83.5 Å². The fourth-order valence-corrected chi connectivity index (χ4v) is 5.89. The van der Waals surface area contributed by atoms with Crippen LogP contribution < -0.4 is 5.32 Å². The third-order valence-electron chi connectivity index (χ3n) is 5.90. The van der Waals surface area contributed by atoms with E-state index in [1.165, 1.54) is 10.4 Å². The number of benzene rings is 2. The summed E-state index contributed by atoms with van der Waals surface area (Å²) < 4.78 is 33.3. The molecular formula is C25H22ClN3O4S. The number of carbonyl (C=O) groups excluding carboxylic acids is 1. The Labute approximate surface area is 202 Å². The molecule has 1 aliphatic rings. The minimum absolute atomic E-state index is 0.143. The maximum Gasteiger partial charge on any atom is 0.277 e. The number of fused-ring (bicyclic) bond motifs is 1. The quantitative estimate of drug-likeness (QED) is 0.421. The molecule has 3 heterocycles. The maximum absolute atomic E-state index is 13.3. The first-order valence-electron chi connectivity index (χ1n) is 10.9. The number of carbonyl (C=O) groups is 1. The van der Waals surface area contributed by atoms with Crippen molar-refractivity contribution < 1.29 is 17.6 Å². The van der Waals surface area contributed by atoms with Crippen molar-refractivity contribution in [1.82, 2.24) is 14.6 Å². The average Bonchev–Trinajstić information content (AvgIpc) is 3.51. The van der Waals surface area contributed by atoms with Crippen molar-refractivity contribution in [3.8, 4) is 11.3 Å². The van der Waals surface area contributed by atoms with Crippen LogP contribution in [-0.2, 0) is 21.4 Å². The zero-order chi connectivity index (χ0) is 23.7. The molecule has 0 aliphatic carbocycles. The van der Waals surface area contributed by atoms with Crippen LogP contribution in [0.1, 0.15) is 18.4 Å². The first-order valence-corrected chi connectivity index (χ1v) is 12.7. The summed E-state index contributed by atoms with van der Waals surface area (Å²) in [5.74, 6) is -0.331. The second kappa shape index (κ2) is 9.21. The highest BCUT2D eigenvalue weighted by Crippen LogP contribution is 2.30. The lowest BCUT2D eigenvalue weighted by atomic mass is 10.1. The fourth-order valence-electron chi connectivity index (χ4n) is 4.16. The predicted octanol–water partition coefficient (Wildman–Crippen LogP) is 4.62. The molecule has 9 heteroatoms. The first kappa shape index (κ1) is 22.6. The van der Waals surface area contributed by atoms with E-state index in [9.17, 15) is 13.2 Å². The molecule has 0 bridgehead atoms. The van der Waals surface area contributed by atoms with Crippen molar-refractivity contribution >= 4 is 38.5 Å². The number of halogens is 1. The maximum atomic E-state index is 13.3. The molecule has 34 heavy (non-hydrogen) atoms. The molecule has 7 nitrogen and oxygen atoms in total. The van der Waals surface area contributed by atoms with Crippen LogP contribution in [-0.4, -0.2) is 36.2 Å². The number of aromatic nitrogens is 1. The molecule has 4 aromatic rings. The lowest BCUT2D eigenvalue weighted by Crippen LogP contribution is -2.45. The second-order valence-corrected chi connectivity index (χ2v) is 10.4. The Kier molecular flexibility index (Phi) is 6.12. The fraction of sp³-hybridized carbons (Fsp3) is 0.200. The van der Waals surface area contributed by atoms with E-state index in [-0.39, 0.29) is 24.1 Å². The van der Waals surface area contributed by atoms with Gasteiger partial charge in [-0.15, -0.1) is 0 Å².